The lowest BCUT2D eigenvalue weighted by molar-refractivity contribution is -0.139. The number of thioether (sulfide) groups is 1. The summed E-state index contributed by atoms with van der Waals surface area (Å²) < 4.78 is 0. The summed E-state index contributed by atoms with van der Waals surface area (Å²) in [6, 6.07) is 11.0. The SMILES string of the molecule is CC[C@@H](NC(=O)N1C(=O)C[C@@H]1CSc1ncccn1)c1ccccc1. The molecule has 0 spiro atoms. The number of carbonyl (C=O) groups is 2. The molecule has 0 radical (unpaired) electrons. The molecule has 1 aliphatic rings. The molecule has 2 aromatic rings. The molecule has 1 aromatic heterocycles. The second-order valence-electron chi connectivity index (χ2n) is 5.79. The highest BCUT2D eigenvalue weighted by molar-refractivity contribution is 7.99. The summed E-state index contributed by atoms with van der Waals surface area (Å²) in [5, 5.41) is 3.62. The summed E-state index contributed by atoms with van der Waals surface area (Å²) in [4.78, 5) is 34.1. The van der Waals surface area contributed by atoms with Gasteiger partial charge in [0.15, 0.2) is 5.16 Å². The van der Waals surface area contributed by atoms with Crippen LogP contribution in [0.5, 0.6) is 0 Å². The highest BCUT2D eigenvalue weighted by Crippen LogP contribution is 2.26. The van der Waals surface area contributed by atoms with Crippen LogP contribution in [0.25, 0.3) is 0 Å². The molecule has 3 rings (SSSR count). The second kappa shape index (κ2) is 8.11. The molecule has 1 aliphatic heterocycles. The number of benzene rings is 1. The summed E-state index contributed by atoms with van der Waals surface area (Å²) in [5.41, 5.74) is 1.04. The van der Waals surface area contributed by atoms with Gasteiger partial charge in [0.25, 0.3) is 0 Å². The molecule has 130 valence electrons. The van der Waals surface area contributed by atoms with Crippen LogP contribution in [0.4, 0.5) is 4.79 Å². The topological polar surface area (TPSA) is 75.2 Å². The van der Waals surface area contributed by atoms with E-state index in [9.17, 15) is 9.59 Å². The minimum atomic E-state index is -0.327. The third-order valence-corrected chi connectivity index (χ3v) is 5.14. The van der Waals surface area contributed by atoms with Gasteiger partial charge in [-0.1, -0.05) is 49.0 Å². The number of likely N-dealkylation sites (tertiary alicyclic amines) is 1. The zero-order chi connectivity index (χ0) is 17.6. The van der Waals surface area contributed by atoms with E-state index >= 15 is 0 Å². The fraction of sp³-hybridized carbons (Fsp3) is 0.333. The van der Waals surface area contributed by atoms with Crippen LogP contribution in [0.15, 0.2) is 53.9 Å². The third kappa shape index (κ3) is 4.17. The number of nitrogens with zero attached hydrogens (tertiary/aromatic N) is 3. The van der Waals surface area contributed by atoms with Crippen molar-refractivity contribution >= 4 is 23.7 Å². The first kappa shape index (κ1) is 17.4. The van der Waals surface area contributed by atoms with Crippen molar-refractivity contribution in [3.8, 4) is 0 Å². The predicted octanol–water partition coefficient (Wildman–Crippen LogP) is 3.03. The van der Waals surface area contributed by atoms with Crippen LogP contribution in [-0.2, 0) is 4.79 Å². The smallest absolute Gasteiger partial charge is 0.324 e. The van der Waals surface area contributed by atoms with E-state index in [0.29, 0.717) is 17.3 Å². The Morgan fingerprint density at radius 2 is 2.00 bits per heavy atom. The molecular weight excluding hydrogens is 336 g/mol. The van der Waals surface area contributed by atoms with Crippen molar-refractivity contribution in [3.05, 3.63) is 54.4 Å². The Kier molecular flexibility index (Phi) is 5.65. The lowest BCUT2D eigenvalue weighted by Crippen LogP contribution is -2.60. The van der Waals surface area contributed by atoms with Crippen LogP contribution >= 0.6 is 11.8 Å². The molecule has 0 saturated carbocycles. The van der Waals surface area contributed by atoms with Crippen LogP contribution in [0.1, 0.15) is 31.4 Å². The standard InChI is InChI=1S/C18H20N4O2S/c1-2-15(13-7-4-3-5-8-13)21-18(24)22-14(11-16(22)23)12-25-17-19-9-6-10-20-17/h3-10,14-15H,2,11-12H2,1H3,(H,21,24)/t14-,15-/m1/s1. The Hall–Kier alpha value is -2.41. The number of aromatic nitrogens is 2. The van der Waals surface area contributed by atoms with Crippen LogP contribution < -0.4 is 5.32 Å². The monoisotopic (exact) mass is 356 g/mol. The van der Waals surface area contributed by atoms with Crippen molar-refractivity contribution in [2.45, 2.75) is 37.0 Å². The molecule has 0 unspecified atom stereocenters. The minimum absolute atomic E-state index is 0.104. The van der Waals surface area contributed by atoms with Crippen molar-refractivity contribution in [2.24, 2.45) is 0 Å². The van der Waals surface area contributed by atoms with Crippen molar-refractivity contribution < 1.29 is 9.59 Å². The number of hydrogen-bond acceptors (Lipinski definition) is 5. The van der Waals surface area contributed by atoms with Crippen molar-refractivity contribution in [1.82, 2.24) is 20.2 Å². The number of amides is 3. The van der Waals surface area contributed by atoms with Gasteiger partial charge in [-0.25, -0.2) is 14.8 Å². The van der Waals surface area contributed by atoms with Gasteiger partial charge in [0.1, 0.15) is 0 Å². The maximum atomic E-state index is 12.6. The number of carbonyl (C=O) groups excluding carboxylic acids is 2. The summed E-state index contributed by atoms with van der Waals surface area (Å²) in [7, 11) is 0. The van der Waals surface area contributed by atoms with Crippen LogP contribution in [0, 0.1) is 0 Å². The number of imide groups is 1. The van der Waals surface area contributed by atoms with E-state index in [-0.39, 0.29) is 24.0 Å². The van der Waals surface area contributed by atoms with E-state index in [2.05, 4.69) is 15.3 Å². The van der Waals surface area contributed by atoms with Gasteiger partial charge in [-0.05, 0) is 18.1 Å². The quantitative estimate of drug-likeness (QED) is 0.489. The molecule has 1 fully saturated rings. The van der Waals surface area contributed by atoms with Gasteiger partial charge in [0.05, 0.1) is 12.1 Å². The highest BCUT2D eigenvalue weighted by atomic mass is 32.2. The number of β-lactam (4-membered cyclic amide) rings is 1. The van der Waals surface area contributed by atoms with Gasteiger partial charge in [-0.3, -0.25) is 9.69 Å². The fourth-order valence-corrected chi connectivity index (χ4v) is 3.63. The fourth-order valence-electron chi connectivity index (χ4n) is 2.75. The molecule has 25 heavy (non-hydrogen) atoms. The number of hydrogen-bond donors (Lipinski definition) is 1. The average Bonchev–Trinajstić information content (AvgIpc) is 2.64. The minimum Gasteiger partial charge on any atom is -0.331 e. The van der Waals surface area contributed by atoms with Gasteiger partial charge < -0.3 is 5.32 Å². The molecule has 1 aromatic carbocycles. The third-order valence-electron chi connectivity index (χ3n) is 4.12. The summed E-state index contributed by atoms with van der Waals surface area (Å²) in [5.74, 6) is 0.464. The van der Waals surface area contributed by atoms with E-state index in [1.54, 1.807) is 18.5 Å². The summed E-state index contributed by atoms with van der Waals surface area (Å²) in [6.07, 6.45) is 4.50. The molecular formula is C18H20N4O2S. The van der Waals surface area contributed by atoms with E-state index in [1.807, 2.05) is 37.3 Å². The van der Waals surface area contributed by atoms with Crippen LogP contribution in [0.2, 0.25) is 0 Å². The molecule has 0 bridgehead atoms. The van der Waals surface area contributed by atoms with E-state index in [4.69, 9.17) is 0 Å². The Balaban J connectivity index is 1.59. The van der Waals surface area contributed by atoms with Crippen molar-refractivity contribution in [3.63, 3.8) is 0 Å². The lowest BCUT2D eigenvalue weighted by Gasteiger charge is -2.39. The second-order valence-corrected chi connectivity index (χ2v) is 6.77. The van der Waals surface area contributed by atoms with Crippen LogP contribution in [-0.4, -0.2) is 38.6 Å². The number of urea groups is 1. The Morgan fingerprint density at radius 1 is 1.28 bits per heavy atom. The average molecular weight is 356 g/mol. The summed E-state index contributed by atoms with van der Waals surface area (Å²) >= 11 is 1.45. The van der Waals surface area contributed by atoms with Gasteiger partial charge in [-0.15, -0.1) is 0 Å². The predicted molar refractivity (Wildman–Crippen MR) is 96.0 cm³/mol. The van der Waals surface area contributed by atoms with Crippen LogP contribution in [0.3, 0.4) is 0 Å². The summed E-state index contributed by atoms with van der Waals surface area (Å²) in [6.45, 7) is 2.01. The maximum absolute atomic E-state index is 12.6. The van der Waals surface area contributed by atoms with E-state index < -0.39 is 0 Å². The van der Waals surface area contributed by atoms with E-state index in [0.717, 1.165) is 12.0 Å². The Morgan fingerprint density at radius 3 is 2.64 bits per heavy atom. The first-order valence-electron chi connectivity index (χ1n) is 8.26. The van der Waals surface area contributed by atoms with Gasteiger partial charge in [-0.2, -0.15) is 0 Å². The maximum Gasteiger partial charge on any atom is 0.324 e. The van der Waals surface area contributed by atoms with Crippen molar-refractivity contribution in [2.75, 3.05) is 5.75 Å². The Labute approximate surface area is 151 Å². The van der Waals surface area contributed by atoms with Gasteiger partial charge in [0.2, 0.25) is 5.91 Å². The molecule has 1 N–H and O–H groups in total. The molecule has 0 aliphatic carbocycles. The number of nitrogens with one attached hydrogen (secondary N) is 1. The van der Waals surface area contributed by atoms with Gasteiger partial charge in [0, 0.05) is 24.6 Å². The first-order chi connectivity index (χ1) is 12.2. The Bertz CT molecular complexity index is 726. The van der Waals surface area contributed by atoms with E-state index in [1.165, 1.54) is 16.7 Å². The first-order valence-corrected chi connectivity index (χ1v) is 9.25. The zero-order valence-electron chi connectivity index (χ0n) is 14.0. The largest absolute Gasteiger partial charge is 0.331 e. The van der Waals surface area contributed by atoms with Crippen molar-refractivity contribution in [1.29, 1.82) is 0 Å². The molecule has 7 heteroatoms. The molecule has 1 saturated heterocycles. The zero-order valence-corrected chi connectivity index (χ0v) is 14.8. The molecule has 3 amide bonds. The van der Waals surface area contributed by atoms with Gasteiger partial charge >= 0.3 is 6.03 Å². The molecule has 2 atom stereocenters. The molecule has 6 nitrogen and oxygen atoms in total. The lowest BCUT2D eigenvalue weighted by atomic mass is 10.0. The normalized spacial score (nSPS) is 17.7. The number of rotatable bonds is 6. The highest BCUT2D eigenvalue weighted by Gasteiger charge is 2.41. The molecule has 2 heterocycles.